The van der Waals surface area contributed by atoms with Gasteiger partial charge in [-0.1, -0.05) is 6.07 Å². The minimum absolute atomic E-state index is 0.126. The number of nitrogens with one attached hydrogen (secondary N) is 2. The van der Waals surface area contributed by atoms with Crippen LogP contribution in [-0.4, -0.2) is 18.9 Å². The van der Waals surface area contributed by atoms with Crippen LogP contribution in [-0.2, 0) is 9.59 Å². The van der Waals surface area contributed by atoms with Gasteiger partial charge < -0.3 is 10.6 Å². The molecule has 0 heterocycles. The lowest BCUT2D eigenvalue weighted by Gasteiger charge is -2.09. The molecule has 0 unspecified atom stereocenters. The van der Waals surface area contributed by atoms with E-state index in [1.165, 1.54) is 6.07 Å². The molecule has 1 aromatic rings. The van der Waals surface area contributed by atoms with E-state index in [1.54, 1.807) is 19.9 Å². The Labute approximate surface area is 92.8 Å². The van der Waals surface area contributed by atoms with E-state index in [4.69, 9.17) is 0 Å². The van der Waals surface area contributed by atoms with Crippen molar-refractivity contribution in [1.29, 1.82) is 0 Å². The van der Waals surface area contributed by atoms with Crippen molar-refractivity contribution in [1.82, 2.24) is 5.32 Å². The number of hydrogen-bond acceptors (Lipinski definition) is 2. The van der Waals surface area contributed by atoms with Crippen molar-refractivity contribution in [2.75, 3.05) is 11.9 Å². The van der Waals surface area contributed by atoms with Gasteiger partial charge in [0.1, 0.15) is 5.82 Å². The Morgan fingerprint density at radius 2 is 2.12 bits per heavy atom. The van der Waals surface area contributed by atoms with Crippen molar-refractivity contribution in [3.63, 3.8) is 0 Å². The summed E-state index contributed by atoms with van der Waals surface area (Å²) in [6.07, 6.45) is 0.413. The number of rotatable bonds is 4. The second-order valence-corrected chi connectivity index (χ2v) is 3.42. The monoisotopic (exact) mass is 224 g/mol. The molecular formula is C11H13FN2O2. The van der Waals surface area contributed by atoms with E-state index < -0.39 is 11.7 Å². The Kier molecular flexibility index (Phi) is 3.99. The number of hydrogen-bond donors (Lipinski definition) is 2. The van der Waals surface area contributed by atoms with Crippen LogP contribution in [0.5, 0.6) is 0 Å². The molecule has 0 spiro atoms. The SMILES string of the molecule is Cc1ccc(NC(=O)CNC=O)c(F)c1C. The zero-order valence-electron chi connectivity index (χ0n) is 9.13. The molecule has 4 nitrogen and oxygen atoms in total. The van der Waals surface area contributed by atoms with Crippen LogP contribution in [0.2, 0.25) is 0 Å². The minimum atomic E-state index is -0.464. The fourth-order valence-electron chi connectivity index (χ4n) is 1.21. The van der Waals surface area contributed by atoms with E-state index in [1.807, 2.05) is 0 Å². The van der Waals surface area contributed by atoms with Crippen LogP contribution in [0.15, 0.2) is 12.1 Å². The molecule has 16 heavy (non-hydrogen) atoms. The highest BCUT2D eigenvalue weighted by atomic mass is 19.1. The van der Waals surface area contributed by atoms with Gasteiger partial charge in [0.2, 0.25) is 12.3 Å². The zero-order chi connectivity index (χ0) is 12.1. The molecule has 2 N–H and O–H groups in total. The zero-order valence-corrected chi connectivity index (χ0v) is 9.13. The molecule has 0 saturated heterocycles. The van der Waals surface area contributed by atoms with Crippen LogP contribution >= 0.6 is 0 Å². The number of benzene rings is 1. The summed E-state index contributed by atoms with van der Waals surface area (Å²) in [6, 6.07) is 3.22. The first kappa shape index (κ1) is 12.2. The van der Waals surface area contributed by atoms with Crippen molar-refractivity contribution in [2.45, 2.75) is 13.8 Å². The summed E-state index contributed by atoms with van der Waals surface area (Å²) in [5, 5.41) is 4.58. The first-order chi connectivity index (χ1) is 7.56. The van der Waals surface area contributed by atoms with Crippen molar-refractivity contribution < 1.29 is 14.0 Å². The fraction of sp³-hybridized carbons (Fsp3) is 0.273. The average molecular weight is 224 g/mol. The molecule has 1 rings (SSSR count). The van der Waals surface area contributed by atoms with E-state index in [-0.39, 0.29) is 12.2 Å². The summed E-state index contributed by atoms with van der Waals surface area (Å²) in [6.45, 7) is 3.26. The molecule has 86 valence electrons. The predicted octanol–water partition coefficient (Wildman–Crippen LogP) is 1.13. The van der Waals surface area contributed by atoms with Gasteiger partial charge in [0, 0.05) is 0 Å². The summed E-state index contributed by atoms with van der Waals surface area (Å²) >= 11 is 0. The van der Waals surface area contributed by atoms with Crippen molar-refractivity contribution in [3.05, 3.63) is 29.1 Å². The number of carbonyl (C=O) groups is 2. The van der Waals surface area contributed by atoms with Crippen molar-refractivity contribution in [2.24, 2.45) is 0 Å². The Hall–Kier alpha value is -1.91. The highest BCUT2D eigenvalue weighted by molar-refractivity contribution is 5.93. The maximum atomic E-state index is 13.6. The highest BCUT2D eigenvalue weighted by Crippen LogP contribution is 2.20. The lowest BCUT2D eigenvalue weighted by Crippen LogP contribution is -2.27. The second kappa shape index (κ2) is 5.25. The standard InChI is InChI=1S/C11H13FN2O2/c1-7-3-4-9(11(12)8(7)2)14-10(16)5-13-6-15/h3-4,6H,5H2,1-2H3,(H,13,15)(H,14,16). The first-order valence-corrected chi connectivity index (χ1v) is 4.79. The van der Waals surface area contributed by atoms with Crippen LogP contribution in [0, 0.1) is 19.7 Å². The topological polar surface area (TPSA) is 58.2 Å². The van der Waals surface area contributed by atoms with E-state index in [9.17, 15) is 14.0 Å². The Morgan fingerprint density at radius 3 is 2.75 bits per heavy atom. The maximum absolute atomic E-state index is 13.6. The third kappa shape index (κ3) is 2.79. The third-order valence-electron chi connectivity index (χ3n) is 2.28. The van der Waals surface area contributed by atoms with Crippen LogP contribution in [0.3, 0.4) is 0 Å². The van der Waals surface area contributed by atoms with Crippen LogP contribution < -0.4 is 10.6 Å². The molecule has 0 bridgehead atoms. The summed E-state index contributed by atoms with van der Waals surface area (Å²) < 4.78 is 13.6. The molecule has 0 saturated carbocycles. The molecule has 0 aliphatic heterocycles. The van der Waals surface area contributed by atoms with Gasteiger partial charge in [-0.05, 0) is 31.0 Å². The van der Waals surface area contributed by atoms with Gasteiger partial charge in [0.05, 0.1) is 12.2 Å². The highest BCUT2D eigenvalue weighted by Gasteiger charge is 2.09. The van der Waals surface area contributed by atoms with Gasteiger partial charge in [-0.3, -0.25) is 9.59 Å². The molecule has 0 aromatic heterocycles. The Bertz CT molecular complexity index is 419. The minimum Gasteiger partial charge on any atom is -0.350 e. The molecular weight excluding hydrogens is 211 g/mol. The molecule has 0 radical (unpaired) electrons. The van der Waals surface area contributed by atoms with Gasteiger partial charge in [-0.15, -0.1) is 0 Å². The quantitative estimate of drug-likeness (QED) is 0.753. The van der Waals surface area contributed by atoms with Gasteiger partial charge in [0.25, 0.3) is 0 Å². The summed E-state index contributed by atoms with van der Waals surface area (Å²) in [7, 11) is 0. The van der Waals surface area contributed by atoms with Crippen LogP contribution in [0.25, 0.3) is 0 Å². The summed E-state index contributed by atoms with van der Waals surface area (Å²) in [5.74, 6) is -0.909. The molecule has 5 heteroatoms. The van der Waals surface area contributed by atoms with Gasteiger partial charge in [0.15, 0.2) is 0 Å². The molecule has 0 aliphatic carbocycles. The summed E-state index contributed by atoms with van der Waals surface area (Å²) in [4.78, 5) is 21.2. The van der Waals surface area contributed by atoms with Crippen molar-refractivity contribution >= 4 is 18.0 Å². The van der Waals surface area contributed by atoms with E-state index in [0.29, 0.717) is 12.0 Å². The lowest BCUT2D eigenvalue weighted by atomic mass is 10.1. The lowest BCUT2D eigenvalue weighted by molar-refractivity contribution is -0.118. The van der Waals surface area contributed by atoms with Gasteiger partial charge in [-0.25, -0.2) is 4.39 Å². The Morgan fingerprint density at radius 1 is 1.44 bits per heavy atom. The van der Waals surface area contributed by atoms with E-state index in [0.717, 1.165) is 5.56 Å². The average Bonchev–Trinajstić information content (AvgIpc) is 2.27. The second-order valence-electron chi connectivity index (χ2n) is 3.42. The fourth-order valence-corrected chi connectivity index (χ4v) is 1.21. The largest absolute Gasteiger partial charge is 0.350 e. The molecule has 2 amide bonds. The third-order valence-corrected chi connectivity index (χ3v) is 2.28. The van der Waals surface area contributed by atoms with Gasteiger partial charge in [-0.2, -0.15) is 0 Å². The molecule has 0 fully saturated rings. The summed E-state index contributed by atoms with van der Waals surface area (Å²) in [5.41, 5.74) is 1.45. The molecule has 0 aliphatic rings. The number of carbonyl (C=O) groups excluding carboxylic acids is 2. The number of halogens is 1. The first-order valence-electron chi connectivity index (χ1n) is 4.79. The maximum Gasteiger partial charge on any atom is 0.243 e. The van der Waals surface area contributed by atoms with Crippen LogP contribution in [0.4, 0.5) is 10.1 Å². The number of aryl methyl sites for hydroxylation is 1. The normalized spacial score (nSPS) is 9.69. The van der Waals surface area contributed by atoms with Crippen LogP contribution in [0.1, 0.15) is 11.1 Å². The Balaban J connectivity index is 2.78. The number of anilines is 1. The number of amides is 2. The van der Waals surface area contributed by atoms with E-state index in [2.05, 4.69) is 10.6 Å². The predicted molar refractivity (Wildman–Crippen MR) is 58.6 cm³/mol. The van der Waals surface area contributed by atoms with E-state index >= 15 is 0 Å². The molecule has 1 aromatic carbocycles. The smallest absolute Gasteiger partial charge is 0.243 e. The molecule has 0 atom stereocenters. The van der Waals surface area contributed by atoms with Crippen molar-refractivity contribution in [3.8, 4) is 0 Å². The van der Waals surface area contributed by atoms with Gasteiger partial charge >= 0.3 is 0 Å².